The quantitative estimate of drug-likeness (QED) is 0.874. The maximum absolute atomic E-state index is 12.8. The van der Waals surface area contributed by atoms with Crippen molar-refractivity contribution in [1.82, 2.24) is 9.55 Å². The molecule has 2 N–H and O–H groups in total. The molecule has 3 nitrogen and oxygen atoms in total. The predicted octanol–water partition coefficient (Wildman–Crippen LogP) is 2.50. The van der Waals surface area contributed by atoms with Crippen molar-refractivity contribution in [3.05, 3.63) is 30.6 Å². The van der Waals surface area contributed by atoms with E-state index in [0.29, 0.717) is 11.0 Å². The van der Waals surface area contributed by atoms with Gasteiger partial charge in [0.1, 0.15) is 5.92 Å². The van der Waals surface area contributed by atoms with Crippen LogP contribution in [0.25, 0.3) is 11.0 Å². The van der Waals surface area contributed by atoms with E-state index < -0.39 is 17.1 Å². The van der Waals surface area contributed by atoms with E-state index in [1.165, 1.54) is 10.9 Å². The Hall–Kier alpha value is -1.63. The van der Waals surface area contributed by atoms with Crippen molar-refractivity contribution in [2.75, 3.05) is 0 Å². The summed E-state index contributed by atoms with van der Waals surface area (Å²) >= 11 is 4.48. The van der Waals surface area contributed by atoms with Gasteiger partial charge in [0.25, 0.3) is 0 Å². The van der Waals surface area contributed by atoms with Gasteiger partial charge >= 0.3 is 6.18 Å². The number of halogens is 3. The van der Waals surface area contributed by atoms with Crippen LogP contribution in [0, 0.1) is 5.92 Å². The van der Waals surface area contributed by atoms with Gasteiger partial charge in [-0.1, -0.05) is 24.4 Å². The Labute approximate surface area is 106 Å². The molecule has 0 radical (unpaired) electrons. The standard InChI is InChI=1S/C11H10F3N3S/c12-11(13,14)7(10(15)18)5-17-6-16-8-3-1-2-4-9(8)17/h1-4,6-7H,5H2,(H2,15,18). The number of benzene rings is 1. The highest BCUT2D eigenvalue weighted by Gasteiger charge is 2.42. The Morgan fingerprint density at radius 3 is 2.67 bits per heavy atom. The van der Waals surface area contributed by atoms with Crippen molar-refractivity contribution in [2.24, 2.45) is 11.7 Å². The van der Waals surface area contributed by atoms with Gasteiger partial charge in [-0.2, -0.15) is 13.2 Å². The fourth-order valence-electron chi connectivity index (χ4n) is 1.71. The Morgan fingerprint density at radius 1 is 1.39 bits per heavy atom. The van der Waals surface area contributed by atoms with Gasteiger partial charge in [0.2, 0.25) is 0 Å². The number of hydrogen-bond acceptors (Lipinski definition) is 2. The van der Waals surface area contributed by atoms with E-state index >= 15 is 0 Å². The van der Waals surface area contributed by atoms with Gasteiger partial charge in [0, 0.05) is 6.54 Å². The number of imidazole rings is 1. The third-order valence-electron chi connectivity index (χ3n) is 2.65. The van der Waals surface area contributed by atoms with Crippen LogP contribution in [0.15, 0.2) is 30.6 Å². The number of hydrogen-bond donors (Lipinski definition) is 1. The zero-order valence-electron chi connectivity index (χ0n) is 9.19. The zero-order chi connectivity index (χ0) is 13.3. The SMILES string of the molecule is NC(=S)C(Cn1cnc2ccccc21)C(F)(F)F. The highest BCUT2D eigenvalue weighted by atomic mass is 32.1. The molecule has 0 bridgehead atoms. The number of fused-ring (bicyclic) bond motifs is 1. The Bertz CT molecular complexity index is 576. The molecule has 0 spiro atoms. The van der Waals surface area contributed by atoms with Gasteiger partial charge in [-0.3, -0.25) is 0 Å². The molecule has 0 aliphatic rings. The van der Waals surface area contributed by atoms with Gasteiger partial charge in [0.05, 0.1) is 22.3 Å². The molecule has 0 aliphatic carbocycles. The number of thiocarbonyl (C=S) groups is 1. The monoisotopic (exact) mass is 273 g/mol. The molecule has 0 saturated carbocycles. The minimum atomic E-state index is -4.45. The Balaban J connectivity index is 2.35. The molecule has 1 aromatic carbocycles. The third kappa shape index (κ3) is 2.45. The van der Waals surface area contributed by atoms with Gasteiger partial charge in [-0.25, -0.2) is 4.98 Å². The molecule has 0 aliphatic heterocycles. The van der Waals surface area contributed by atoms with E-state index in [2.05, 4.69) is 17.2 Å². The van der Waals surface area contributed by atoms with E-state index in [4.69, 9.17) is 5.73 Å². The van der Waals surface area contributed by atoms with Crippen LogP contribution in [0.1, 0.15) is 0 Å². The lowest BCUT2D eigenvalue weighted by molar-refractivity contribution is -0.157. The lowest BCUT2D eigenvalue weighted by atomic mass is 10.1. The van der Waals surface area contributed by atoms with E-state index in [1.54, 1.807) is 24.3 Å². The van der Waals surface area contributed by atoms with Crippen LogP contribution in [0.2, 0.25) is 0 Å². The molecule has 0 amide bonds. The van der Waals surface area contributed by atoms with E-state index in [1.807, 2.05) is 0 Å². The van der Waals surface area contributed by atoms with Crippen molar-refractivity contribution in [1.29, 1.82) is 0 Å². The average Bonchev–Trinajstić information content (AvgIpc) is 2.67. The second-order valence-electron chi connectivity index (χ2n) is 3.88. The van der Waals surface area contributed by atoms with Crippen LogP contribution in [-0.4, -0.2) is 20.7 Å². The van der Waals surface area contributed by atoms with Gasteiger partial charge in [-0.05, 0) is 12.1 Å². The van der Waals surface area contributed by atoms with Crippen LogP contribution in [0.3, 0.4) is 0 Å². The summed E-state index contributed by atoms with van der Waals surface area (Å²) in [5.74, 6) is -1.84. The lowest BCUT2D eigenvalue weighted by Crippen LogP contribution is -2.37. The topological polar surface area (TPSA) is 43.8 Å². The van der Waals surface area contributed by atoms with Crippen LogP contribution in [0.4, 0.5) is 13.2 Å². The summed E-state index contributed by atoms with van der Waals surface area (Å²) in [6.07, 6.45) is -3.08. The molecule has 2 rings (SSSR count). The zero-order valence-corrected chi connectivity index (χ0v) is 10.0. The maximum Gasteiger partial charge on any atom is 0.399 e. The maximum atomic E-state index is 12.8. The van der Waals surface area contributed by atoms with Gasteiger partial charge in [0.15, 0.2) is 0 Å². The number of nitrogens with zero attached hydrogens (tertiary/aromatic N) is 2. The first-order valence-corrected chi connectivity index (χ1v) is 5.56. The Kier molecular flexibility index (Phi) is 3.25. The summed E-state index contributed by atoms with van der Waals surface area (Å²) in [7, 11) is 0. The molecule has 0 fully saturated rings. The minimum Gasteiger partial charge on any atom is -0.393 e. The smallest absolute Gasteiger partial charge is 0.393 e. The van der Waals surface area contributed by atoms with Crippen molar-refractivity contribution in [2.45, 2.75) is 12.7 Å². The summed E-state index contributed by atoms with van der Waals surface area (Å²) in [6.45, 7) is -0.348. The second kappa shape index (κ2) is 4.56. The first-order chi connectivity index (χ1) is 8.39. The first kappa shape index (κ1) is 12.8. The van der Waals surface area contributed by atoms with Crippen LogP contribution >= 0.6 is 12.2 Å². The summed E-state index contributed by atoms with van der Waals surface area (Å²) in [5.41, 5.74) is 6.43. The molecule has 1 heterocycles. The second-order valence-corrected chi connectivity index (χ2v) is 4.35. The molecule has 1 unspecified atom stereocenters. The van der Waals surface area contributed by atoms with Crippen molar-refractivity contribution in [3.63, 3.8) is 0 Å². The lowest BCUT2D eigenvalue weighted by Gasteiger charge is -2.19. The van der Waals surface area contributed by atoms with Crippen LogP contribution < -0.4 is 5.73 Å². The predicted molar refractivity (Wildman–Crippen MR) is 66.1 cm³/mol. The van der Waals surface area contributed by atoms with Gasteiger partial charge in [-0.15, -0.1) is 0 Å². The van der Waals surface area contributed by atoms with Crippen LogP contribution in [-0.2, 0) is 6.54 Å². The number of alkyl halides is 3. The van der Waals surface area contributed by atoms with Crippen molar-refractivity contribution in [3.8, 4) is 0 Å². The summed E-state index contributed by atoms with van der Waals surface area (Å²) in [5, 5.41) is 0. The molecule has 96 valence electrons. The normalized spacial score (nSPS) is 13.7. The molecular formula is C11H10F3N3S. The summed E-state index contributed by atoms with van der Waals surface area (Å²) < 4.78 is 39.7. The number of para-hydroxylation sites is 2. The molecule has 2 aromatic rings. The van der Waals surface area contributed by atoms with Crippen molar-refractivity contribution < 1.29 is 13.2 Å². The largest absolute Gasteiger partial charge is 0.399 e. The average molecular weight is 273 g/mol. The molecule has 1 atom stereocenters. The van der Waals surface area contributed by atoms with E-state index in [9.17, 15) is 13.2 Å². The minimum absolute atomic E-state index is 0.348. The highest BCUT2D eigenvalue weighted by molar-refractivity contribution is 7.80. The Morgan fingerprint density at radius 2 is 2.06 bits per heavy atom. The first-order valence-electron chi connectivity index (χ1n) is 5.15. The number of aromatic nitrogens is 2. The molecule has 18 heavy (non-hydrogen) atoms. The highest BCUT2D eigenvalue weighted by Crippen LogP contribution is 2.28. The molecule has 1 aromatic heterocycles. The molecule has 0 saturated heterocycles. The molecule has 7 heteroatoms. The summed E-state index contributed by atoms with van der Waals surface area (Å²) in [4.78, 5) is 3.47. The van der Waals surface area contributed by atoms with Crippen molar-refractivity contribution >= 4 is 28.2 Å². The summed E-state index contributed by atoms with van der Waals surface area (Å²) in [6, 6.07) is 6.95. The van der Waals surface area contributed by atoms with E-state index in [0.717, 1.165) is 0 Å². The number of nitrogens with two attached hydrogens (primary N) is 1. The fourth-order valence-corrected chi connectivity index (χ4v) is 1.92. The molecular weight excluding hydrogens is 263 g/mol. The number of rotatable bonds is 3. The third-order valence-corrected chi connectivity index (χ3v) is 2.93. The fraction of sp³-hybridized carbons (Fsp3) is 0.273. The van der Waals surface area contributed by atoms with Crippen LogP contribution in [0.5, 0.6) is 0 Å². The van der Waals surface area contributed by atoms with E-state index in [-0.39, 0.29) is 6.54 Å². The van der Waals surface area contributed by atoms with Gasteiger partial charge < -0.3 is 10.3 Å².